The van der Waals surface area contributed by atoms with E-state index in [4.69, 9.17) is 21.7 Å². The maximum Gasteiger partial charge on any atom is 0.281 e. The van der Waals surface area contributed by atoms with Crippen molar-refractivity contribution in [2.45, 2.75) is 6.92 Å². The van der Waals surface area contributed by atoms with Gasteiger partial charge in [0, 0.05) is 7.05 Å². The Bertz CT molecular complexity index is 925. The molecule has 0 aromatic heterocycles. The van der Waals surface area contributed by atoms with Crippen LogP contribution >= 0.6 is 12.2 Å². The van der Waals surface area contributed by atoms with Crippen LogP contribution in [0.4, 0.5) is 5.69 Å². The number of hydrogen-bond donors (Lipinski definition) is 0. The van der Waals surface area contributed by atoms with Crippen molar-refractivity contribution in [3.63, 3.8) is 0 Å². The lowest BCUT2D eigenvalue weighted by atomic mass is 10.1. The third kappa shape index (κ3) is 3.92. The lowest BCUT2D eigenvalue weighted by Gasteiger charge is -2.16. The first-order chi connectivity index (χ1) is 13.6. The Labute approximate surface area is 170 Å². The second kappa shape index (κ2) is 8.71. The van der Waals surface area contributed by atoms with E-state index in [0.717, 1.165) is 11.3 Å². The minimum Gasteiger partial charge on any atom is -0.490 e. The summed E-state index contributed by atoms with van der Waals surface area (Å²) in [4.78, 5) is 16.3. The minimum absolute atomic E-state index is 0.163. The Morgan fingerprint density at radius 1 is 1.11 bits per heavy atom. The standard InChI is InChI=1S/C22H22N2O3S/c1-4-13-27-19-12-11-16(15-20(19)26-5-2)14-18-21(25)24(22(28)23(18)3)17-9-7-6-8-10-17/h4,6-12,14-15H,1,5,13H2,2-3H3/b18-14+. The normalized spacial score (nSPS) is 15.3. The Hall–Kier alpha value is -3.12. The highest BCUT2D eigenvalue weighted by molar-refractivity contribution is 7.80. The maximum absolute atomic E-state index is 13.0. The molecule has 0 N–H and O–H groups in total. The molecule has 0 radical (unpaired) electrons. The zero-order valence-corrected chi connectivity index (χ0v) is 16.7. The lowest BCUT2D eigenvalue weighted by molar-refractivity contribution is -0.114. The van der Waals surface area contributed by atoms with Crippen molar-refractivity contribution in [1.29, 1.82) is 0 Å². The molecule has 1 amide bonds. The van der Waals surface area contributed by atoms with Gasteiger partial charge >= 0.3 is 0 Å². The van der Waals surface area contributed by atoms with Crippen LogP contribution in [0.25, 0.3) is 6.08 Å². The molecule has 1 aliphatic heterocycles. The molecule has 1 saturated heterocycles. The molecule has 1 fully saturated rings. The topological polar surface area (TPSA) is 42.0 Å². The van der Waals surface area contributed by atoms with E-state index in [0.29, 0.717) is 35.5 Å². The molecule has 2 aromatic rings. The summed E-state index contributed by atoms with van der Waals surface area (Å²) in [5.41, 5.74) is 2.06. The monoisotopic (exact) mass is 394 g/mol. The van der Waals surface area contributed by atoms with Gasteiger partial charge in [-0.3, -0.25) is 9.69 Å². The van der Waals surface area contributed by atoms with Gasteiger partial charge in [0.1, 0.15) is 12.3 Å². The Balaban J connectivity index is 1.94. The van der Waals surface area contributed by atoms with Gasteiger partial charge in [0.2, 0.25) is 0 Å². The SMILES string of the molecule is C=CCOc1ccc(/C=C2\C(=O)N(c3ccccc3)C(=S)N2C)cc1OCC. The molecule has 1 heterocycles. The van der Waals surface area contributed by atoms with Crippen molar-refractivity contribution in [3.8, 4) is 11.5 Å². The first kappa shape index (κ1) is 19.6. The highest BCUT2D eigenvalue weighted by Crippen LogP contribution is 2.32. The highest BCUT2D eigenvalue weighted by atomic mass is 32.1. The van der Waals surface area contributed by atoms with Crippen LogP contribution in [0.1, 0.15) is 12.5 Å². The molecule has 3 rings (SSSR count). The fourth-order valence-electron chi connectivity index (χ4n) is 2.87. The van der Waals surface area contributed by atoms with E-state index in [1.165, 1.54) is 4.90 Å². The fraction of sp³-hybridized carbons (Fsp3) is 0.182. The van der Waals surface area contributed by atoms with Crippen LogP contribution in [0.2, 0.25) is 0 Å². The largest absolute Gasteiger partial charge is 0.490 e. The van der Waals surface area contributed by atoms with Crippen molar-refractivity contribution < 1.29 is 14.3 Å². The Morgan fingerprint density at radius 2 is 1.86 bits per heavy atom. The zero-order chi connectivity index (χ0) is 20.1. The average molecular weight is 394 g/mol. The van der Waals surface area contributed by atoms with Crippen molar-refractivity contribution >= 4 is 35.0 Å². The second-order valence-electron chi connectivity index (χ2n) is 6.09. The van der Waals surface area contributed by atoms with Crippen LogP contribution in [0.15, 0.2) is 66.9 Å². The number of thiocarbonyl (C=S) groups is 1. The summed E-state index contributed by atoms with van der Waals surface area (Å²) in [5.74, 6) is 1.09. The first-order valence-electron chi connectivity index (χ1n) is 8.96. The summed E-state index contributed by atoms with van der Waals surface area (Å²) in [5, 5.41) is 0.443. The number of carbonyl (C=O) groups excluding carboxylic acids is 1. The van der Waals surface area contributed by atoms with Crippen LogP contribution in [0.5, 0.6) is 11.5 Å². The molecule has 6 heteroatoms. The Kier molecular flexibility index (Phi) is 6.11. The summed E-state index contributed by atoms with van der Waals surface area (Å²) in [6.45, 7) is 6.47. The number of carbonyl (C=O) groups is 1. The summed E-state index contributed by atoms with van der Waals surface area (Å²) < 4.78 is 11.3. The smallest absolute Gasteiger partial charge is 0.281 e. The number of anilines is 1. The number of nitrogens with zero attached hydrogens (tertiary/aromatic N) is 2. The summed E-state index contributed by atoms with van der Waals surface area (Å²) in [6, 6.07) is 14.9. The fourth-order valence-corrected chi connectivity index (χ4v) is 3.16. The summed E-state index contributed by atoms with van der Waals surface area (Å²) in [6.07, 6.45) is 3.48. The third-order valence-corrected chi connectivity index (χ3v) is 4.66. The molecule has 2 aromatic carbocycles. The molecule has 0 bridgehead atoms. The van der Waals surface area contributed by atoms with Gasteiger partial charge in [0.05, 0.1) is 12.3 Å². The van der Waals surface area contributed by atoms with Crippen LogP contribution in [0.3, 0.4) is 0 Å². The number of ether oxygens (including phenoxy) is 2. The number of amides is 1. The van der Waals surface area contributed by atoms with E-state index in [-0.39, 0.29) is 5.91 Å². The number of benzene rings is 2. The van der Waals surface area contributed by atoms with Gasteiger partial charge in [-0.05, 0) is 55.0 Å². The van der Waals surface area contributed by atoms with Gasteiger partial charge < -0.3 is 14.4 Å². The number of rotatable bonds is 7. The van der Waals surface area contributed by atoms with Crippen LogP contribution in [-0.2, 0) is 4.79 Å². The van der Waals surface area contributed by atoms with Gasteiger partial charge in [-0.15, -0.1) is 0 Å². The van der Waals surface area contributed by atoms with Crippen LogP contribution < -0.4 is 14.4 Å². The molecule has 0 saturated carbocycles. The van der Waals surface area contributed by atoms with Crippen molar-refractivity contribution in [3.05, 3.63) is 72.4 Å². The van der Waals surface area contributed by atoms with Crippen LogP contribution in [0, 0.1) is 0 Å². The van der Waals surface area contributed by atoms with Gasteiger partial charge in [0.25, 0.3) is 5.91 Å². The molecule has 144 valence electrons. The van der Waals surface area contributed by atoms with Gasteiger partial charge in [-0.1, -0.05) is 36.9 Å². The molecular weight excluding hydrogens is 372 g/mol. The van der Waals surface area contributed by atoms with Crippen molar-refractivity contribution in [2.75, 3.05) is 25.2 Å². The van der Waals surface area contributed by atoms with E-state index in [1.54, 1.807) is 24.1 Å². The van der Waals surface area contributed by atoms with Crippen molar-refractivity contribution in [2.24, 2.45) is 0 Å². The van der Waals surface area contributed by atoms with E-state index in [2.05, 4.69) is 6.58 Å². The van der Waals surface area contributed by atoms with Gasteiger partial charge in [0.15, 0.2) is 16.6 Å². The van der Waals surface area contributed by atoms with E-state index in [1.807, 2.05) is 55.5 Å². The van der Waals surface area contributed by atoms with Gasteiger partial charge in [-0.25, -0.2) is 0 Å². The first-order valence-corrected chi connectivity index (χ1v) is 9.37. The molecule has 28 heavy (non-hydrogen) atoms. The molecule has 1 aliphatic rings. The number of likely N-dealkylation sites (N-methyl/N-ethyl adjacent to an activating group) is 1. The zero-order valence-electron chi connectivity index (χ0n) is 15.9. The highest BCUT2D eigenvalue weighted by Gasteiger charge is 2.36. The van der Waals surface area contributed by atoms with Crippen LogP contribution in [-0.4, -0.2) is 36.2 Å². The molecular formula is C22H22N2O3S. The van der Waals surface area contributed by atoms with E-state index < -0.39 is 0 Å². The number of para-hydroxylation sites is 1. The lowest BCUT2D eigenvalue weighted by Crippen LogP contribution is -2.30. The van der Waals surface area contributed by atoms with E-state index in [9.17, 15) is 4.79 Å². The average Bonchev–Trinajstić information content (AvgIpc) is 2.91. The maximum atomic E-state index is 13.0. The molecule has 0 spiro atoms. The summed E-state index contributed by atoms with van der Waals surface area (Å²) >= 11 is 5.49. The third-order valence-electron chi connectivity index (χ3n) is 4.20. The molecule has 0 unspecified atom stereocenters. The van der Waals surface area contributed by atoms with Crippen molar-refractivity contribution in [1.82, 2.24) is 4.90 Å². The molecule has 5 nitrogen and oxygen atoms in total. The van der Waals surface area contributed by atoms with E-state index >= 15 is 0 Å². The molecule has 0 atom stereocenters. The molecule has 0 aliphatic carbocycles. The summed E-state index contributed by atoms with van der Waals surface area (Å²) in [7, 11) is 1.79. The van der Waals surface area contributed by atoms with Gasteiger partial charge in [-0.2, -0.15) is 0 Å². The predicted molar refractivity (Wildman–Crippen MR) is 116 cm³/mol. The number of hydrogen-bond acceptors (Lipinski definition) is 4. The predicted octanol–water partition coefficient (Wildman–Crippen LogP) is 4.25. The minimum atomic E-state index is -0.163. The quantitative estimate of drug-likeness (QED) is 0.399. The second-order valence-corrected chi connectivity index (χ2v) is 6.45. The Morgan fingerprint density at radius 3 is 2.54 bits per heavy atom.